The summed E-state index contributed by atoms with van der Waals surface area (Å²) in [5.74, 6) is -1.28. The Bertz CT molecular complexity index is 781. The van der Waals surface area contributed by atoms with E-state index in [1.54, 1.807) is 19.9 Å². The quantitative estimate of drug-likeness (QED) is 0.316. The second-order valence-electron chi connectivity index (χ2n) is 7.17. The molecule has 0 N–H and O–H groups in total. The Morgan fingerprint density at radius 2 is 1.96 bits per heavy atom. The molecule has 2 rings (SSSR count). The number of carbonyl (C=O) groups is 3. The number of fused-ring (bicyclic) bond motifs is 1. The minimum atomic E-state index is -0.534. The highest BCUT2D eigenvalue weighted by molar-refractivity contribution is 5.93. The molecule has 0 amide bonds. The fourth-order valence-electron chi connectivity index (χ4n) is 3.07. The van der Waals surface area contributed by atoms with Crippen LogP contribution in [0.2, 0.25) is 0 Å². The Hall–Kier alpha value is -2.63. The molecule has 1 aliphatic carbocycles. The summed E-state index contributed by atoms with van der Waals surface area (Å²) >= 11 is 0. The van der Waals surface area contributed by atoms with Gasteiger partial charge in [0.15, 0.2) is 0 Å². The van der Waals surface area contributed by atoms with E-state index in [1.807, 2.05) is 19.9 Å². The third-order valence-electron chi connectivity index (χ3n) is 5.03. The molecular weight excluding hydrogens is 360 g/mol. The second-order valence-corrected chi connectivity index (χ2v) is 7.17. The van der Waals surface area contributed by atoms with Gasteiger partial charge in [0, 0.05) is 18.9 Å². The average Bonchev–Trinajstić information content (AvgIpc) is 2.94. The second kappa shape index (κ2) is 9.53. The predicted molar refractivity (Wildman–Crippen MR) is 104 cm³/mol. The molecule has 0 saturated heterocycles. The molecule has 0 spiro atoms. The molecule has 1 aliphatic heterocycles. The lowest BCUT2D eigenvalue weighted by atomic mass is 9.93. The third kappa shape index (κ3) is 5.44. The highest BCUT2D eigenvalue weighted by Gasteiger charge is 2.34. The standard InChI is InChI=1S/C22H28O6/c1-6-14(3)21(24)27-19-10-8-13(2)7-9-17-18(12-26-16(5)23)22(25)28-20(17)11-15(19)4/h6,8,11,19-20H,7,9-10,12H2,1-5H3/b13-8+,14-6+,15-11?/t19-,20+/m0/s1. The first kappa shape index (κ1) is 21.7. The molecule has 0 saturated carbocycles. The zero-order valence-corrected chi connectivity index (χ0v) is 17.2. The maximum Gasteiger partial charge on any atom is 0.338 e. The number of rotatable bonds is 4. The summed E-state index contributed by atoms with van der Waals surface area (Å²) in [6.07, 6.45) is 6.58. The van der Waals surface area contributed by atoms with Gasteiger partial charge in [-0.1, -0.05) is 17.7 Å². The minimum Gasteiger partial charge on any atom is -0.461 e. The lowest BCUT2D eigenvalue weighted by molar-refractivity contribution is -0.144. The van der Waals surface area contributed by atoms with Gasteiger partial charge < -0.3 is 14.2 Å². The van der Waals surface area contributed by atoms with E-state index in [4.69, 9.17) is 14.2 Å². The van der Waals surface area contributed by atoms with E-state index in [2.05, 4.69) is 6.08 Å². The molecule has 1 heterocycles. The topological polar surface area (TPSA) is 78.9 Å². The van der Waals surface area contributed by atoms with Crippen molar-refractivity contribution < 1.29 is 28.6 Å². The smallest absolute Gasteiger partial charge is 0.338 e. The average molecular weight is 388 g/mol. The van der Waals surface area contributed by atoms with Crippen molar-refractivity contribution in [2.45, 2.75) is 66.1 Å². The predicted octanol–water partition coefficient (Wildman–Crippen LogP) is 3.73. The van der Waals surface area contributed by atoms with Crippen LogP contribution in [0.15, 0.2) is 46.1 Å². The van der Waals surface area contributed by atoms with Gasteiger partial charge in [-0.25, -0.2) is 9.59 Å². The molecular formula is C22H28O6. The van der Waals surface area contributed by atoms with Crippen molar-refractivity contribution in [1.82, 2.24) is 0 Å². The normalized spacial score (nSPS) is 25.2. The molecule has 0 unspecified atom stereocenters. The molecule has 0 radical (unpaired) electrons. The van der Waals surface area contributed by atoms with Crippen molar-refractivity contribution in [2.24, 2.45) is 0 Å². The first-order valence-electron chi connectivity index (χ1n) is 9.47. The fourth-order valence-corrected chi connectivity index (χ4v) is 3.07. The Labute approximate surface area is 165 Å². The fraction of sp³-hybridized carbons (Fsp3) is 0.500. The van der Waals surface area contributed by atoms with Crippen molar-refractivity contribution in [1.29, 1.82) is 0 Å². The van der Waals surface area contributed by atoms with E-state index < -0.39 is 24.1 Å². The van der Waals surface area contributed by atoms with Crippen LogP contribution in [-0.2, 0) is 28.6 Å². The number of ether oxygens (including phenoxy) is 3. The Balaban J connectivity index is 2.35. The van der Waals surface area contributed by atoms with Gasteiger partial charge >= 0.3 is 17.9 Å². The molecule has 2 atom stereocenters. The summed E-state index contributed by atoms with van der Waals surface area (Å²) in [6, 6.07) is 0. The largest absolute Gasteiger partial charge is 0.461 e. The minimum absolute atomic E-state index is 0.0887. The summed E-state index contributed by atoms with van der Waals surface area (Å²) < 4.78 is 16.2. The lowest BCUT2D eigenvalue weighted by Crippen LogP contribution is -2.22. The van der Waals surface area contributed by atoms with Crippen LogP contribution in [-0.4, -0.2) is 36.7 Å². The zero-order valence-electron chi connectivity index (χ0n) is 17.2. The molecule has 2 aliphatic rings. The van der Waals surface area contributed by atoms with Crippen molar-refractivity contribution >= 4 is 17.9 Å². The first-order valence-corrected chi connectivity index (χ1v) is 9.47. The number of carbonyl (C=O) groups excluding carboxylic acids is 3. The van der Waals surface area contributed by atoms with E-state index in [0.29, 0.717) is 24.0 Å². The lowest BCUT2D eigenvalue weighted by Gasteiger charge is -2.21. The van der Waals surface area contributed by atoms with Crippen molar-refractivity contribution in [3.8, 4) is 0 Å². The van der Waals surface area contributed by atoms with E-state index >= 15 is 0 Å². The van der Waals surface area contributed by atoms with Gasteiger partial charge in [-0.2, -0.15) is 0 Å². The monoisotopic (exact) mass is 388 g/mol. The number of esters is 3. The highest BCUT2D eigenvalue weighted by Crippen LogP contribution is 2.32. The Morgan fingerprint density at radius 1 is 1.25 bits per heavy atom. The Morgan fingerprint density at radius 3 is 2.61 bits per heavy atom. The van der Waals surface area contributed by atoms with Crippen molar-refractivity contribution in [3.63, 3.8) is 0 Å². The maximum atomic E-state index is 12.3. The van der Waals surface area contributed by atoms with E-state index in [1.165, 1.54) is 6.92 Å². The van der Waals surface area contributed by atoms with Gasteiger partial charge in [-0.3, -0.25) is 4.79 Å². The van der Waals surface area contributed by atoms with E-state index in [9.17, 15) is 14.4 Å². The van der Waals surface area contributed by atoms with Gasteiger partial charge in [-0.15, -0.1) is 0 Å². The van der Waals surface area contributed by atoms with Crippen LogP contribution in [0.25, 0.3) is 0 Å². The summed E-state index contributed by atoms with van der Waals surface area (Å²) in [5.41, 5.74) is 3.70. The molecule has 152 valence electrons. The summed E-state index contributed by atoms with van der Waals surface area (Å²) in [7, 11) is 0. The maximum absolute atomic E-state index is 12.3. The SMILES string of the molecule is C/C=C(\C)C(=O)O[C@H]1C/C=C(\C)CCC2=C(COC(C)=O)C(=O)O[C@@H]2C=C1C. The molecule has 0 aromatic rings. The number of allylic oxidation sites excluding steroid dienone is 2. The molecule has 6 nitrogen and oxygen atoms in total. The Kier molecular flexibility index (Phi) is 7.38. The van der Waals surface area contributed by atoms with Gasteiger partial charge in [0.2, 0.25) is 0 Å². The van der Waals surface area contributed by atoms with Crippen molar-refractivity contribution in [2.75, 3.05) is 6.61 Å². The number of hydrogen-bond acceptors (Lipinski definition) is 6. The number of hydrogen-bond donors (Lipinski definition) is 0. The van der Waals surface area contributed by atoms with Crippen LogP contribution in [0.1, 0.15) is 53.9 Å². The molecule has 0 aromatic carbocycles. The van der Waals surface area contributed by atoms with Crippen LogP contribution in [0.3, 0.4) is 0 Å². The van der Waals surface area contributed by atoms with Gasteiger partial charge in [0.1, 0.15) is 18.8 Å². The zero-order chi connectivity index (χ0) is 20.8. The van der Waals surface area contributed by atoms with Crippen LogP contribution >= 0.6 is 0 Å². The summed E-state index contributed by atoms with van der Waals surface area (Å²) in [6.45, 7) is 8.59. The van der Waals surface area contributed by atoms with Crippen LogP contribution in [0.4, 0.5) is 0 Å². The van der Waals surface area contributed by atoms with Crippen LogP contribution in [0, 0.1) is 0 Å². The van der Waals surface area contributed by atoms with Crippen LogP contribution < -0.4 is 0 Å². The molecule has 0 bridgehead atoms. The van der Waals surface area contributed by atoms with Gasteiger partial charge in [-0.05, 0) is 57.8 Å². The first-order chi connectivity index (χ1) is 13.2. The third-order valence-corrected chi connectivity index (χ3v) is 5.03. The highest BCUT2D eigenvalue weighted by atomic mass is 16.6. The molecule has 0 fully saturated rings. The molecule has 6 heteroatoms. The van der Waals surface area contributed by atoms with Gasteiger partial charge in [0.05, 0.1) is 5.57 Å². The molecule has 0 aromatic heterocycles. The van der Waals surface area contributed by atoms with Crippen molar-refractivity contribution in [3.05, 3.63) is 46.1 Å². The summed E-state index contributed by atoms with van der Waals surface area (Å²) in [4.78, 5) is 35.7. The molecule has 28 heavy (non-hydrogen) atoms. The van der Waals surface area contributed by atoms with E-state index in [-0.39, 0.29) is 12.6 Å². The van der Waals surface area contributed by atoms with E-state index in [0.717, 1.165) is 23.1 Å². The van der Waals surface area contributed by atoms with Crippen LogP contribution in [0.5, 0.6) is 0 Å². The van der Waals surface area contributed by atoms with Gasteiger partial charge in [0.25, 0.3) is 0 Å². The summed E-state index contributed by atoms with van der Waals surface area (Å²) in [5, 5.41) is 0.